The highest BCUT2D eigenvalue weighted by Crippen LogP contribution is 2.17. The zero-order valence-electron chi connectivity index (χ0n) is 19.3. The van der Waals surface area contributed by atoms with Crippen LogP contribution in [0.2, 0.25) is 0 Å². The van der Waals surface area contributed by atoms with Crippen LogP contribution in [0.1, 0.15) is 48.1 Å². The average molecular weight is 485 g/mol. The fraction of sp³-hybridized carbons (Fsp3) is 0.360. The summed E-state index contributed by atoms with van der Waals surface area (Å²) < 4.78 is 23.5. The number of carbonyl (C=O) groups is 2. The Labute approximate surface area is 202 Å². The molecule has 35 heavy (non-hydrogen) atoms. The van der Waals surface area contributed by atoms with E-state index in [1.165, 1.54) is 12.1 Å². The van der Waals surface area contributed by atoms with Crippen LogP contribution in [0.4, 0.5) is 9.18 Å². The van der Waals surface area contributed by atoms with Crippen molar-refractivity contribution in [2.45, 2.75) is 44.8 Å². The van der Waals surface area contributed by atoms with Crippen molar-refractivity contribution in [3.8, 4) is 0 Å². The average Bonchev–Trinajstić information content (AvgIpc) is 3.31. The van der Waals surface area contributed by atoms with Crippen LogP contribution in [-0.2, 0) is 29.0 Å². The normalized spacial score (nSPS) is 11.7. The van der Waals surface area contributed by atoms with E-state index in [1.807, 2.05) is 30.3 Å². The minimum absolute atomic E-state index is 0.0589. The zero-order valence-corrected chi connectivity index (χ0v) is 19.3. The van der Waals surface area contributed by atoms with Gasteiger partial charge in [-0.3, -0.25) is 4.79 Å². The number of unbranched alkanes of at least 4 members (excludes halogenated alkanes) is 2. The van der Waals surface area contributed by atoms with Gasteiger partial charge in [-0.05, 0) is 36.1 Å². The molecule has 1 unspecified atom stereocenters. The third-order valence-electron chi connectivity index (χ3n) is 5.18. The van der Waals surface area contributed by atoms with Gasteiger partial charge in [0.05, 0.1) is 12.6 Å². The van der Waals surface area contributed by atoms with Gasteiger partial charge in [0.15, 0.2) is 5.82 Å². The number of nitrogens with one attached hydrogen (secondary N) is 2. The summed E-state index contributed by atoms with van der Waals surface area (Å²) in [6, 6.07) is 14.8. The fourth-order valence-electron chi connectivity index (χ4n) is 3.42. The van der Waals surface area contributed by atoms with Crippen molar-refractivity contribution in [1.82, 2.24) is 20.8 Å². The maximum Gasteiger partial charge on any atom is 0.405 e. The first-order chi connectivity index (χ1) is 17.0. The number of rotatable bonds is 14. The Morgan fingerprint density at radius 2 is 1.80 bits per heavy atom. The Kier molecular flexibility index (Phi) is 10.2. The summed E-state index contributed by atoms with van der Waals surface area (Å²) >= 11 is 0. The molecule has 0 bridgehead atoms. The first-order valence-corrected chi connectivity index (χ1v) is 11.4. The second-order valence-corrected chi connectivity index (χ2v) is 8.02. The van der Waals surface area contributed by atoms with Crippen molar-refractivity contribution >= 4 is 12.0 Å². The number of amides is 2. The molecule has 2 amide bonds. The van der Waals surface area contributed by atoms with E-state index in [-0.39, 0.29) is 24.9 Å². The summed E-state index contributed by atoms with van der Waals surface area (Å²) in [7, 11) is 0. The van der Waals surface area contributed by atoms with Crippen LogP contribution in [-0.4, -0.2) is 40.4 Å². The third-order valence-corrected chi connectivity index (χ3v) is 5.18. The van der Waals surface area contributed by atoms with Gasteiger partial charge < -0.3 is 25.0 Å². The van der Waals surface area contributed by atoms with E-state index in [1.54, 1.807) is 12.1 Å². The van der Waals surface area contributed by atoms with Crippen molar-refractivity contribution in [2.24, 2.45) is 0 Å². The van der Waals surface area contributed by atoms with E-state index in [4.69, 9.17) is 14.4 Å². The van der Waals surface area contributed by atoms with Crippen molar-refractivity contribution < 1.29 is 28.3 Å². The van der Waals surface area contributed by atoms with E-state index >= 15 is 0 Å². The number of ether oxygens (including phenoxy) is 1. The largest absolute Gasteiger partial charge is 0.465 e. The molecule has 2 aromatic carbocycles. The summed E-state index contributed by atoms with van der Waals surface area (Å²) in [6.45, 7) is 0.709. The van der Waals surface area contributed by atoms with Crippen LogP contribution in [0, 0.1) is 5.82 Å². The van der Waals surface area contributed by atoms with Gasteiger partial charge in [0.1, 0.15) is 12.4 Å². The van der Waals surface area contributed by atoms with Crippen LogP contribution in [0.3, 0.4) is 0 Å². The molecular weight excluding hydrogens is 455 g/mol. The molecule has 0 fully saturated rings. The second-order valence-electron chi connectivity index (χ2n) is 8.02. The fourth-order valence-corrected chi connectivity index (χ4v) is 3.42. The highest BCUT2D eigenvalue weighted by Gasteiger charge is 2.21. The molecule has 0 saturated heterocycles. The van der Waals surface area contributed by atoms with E-state index in [0.29, 0.717) is 31.1 Å². The lowest BCUT2D eigenvalue weighted by Gasteiger charge is -2.12. The van der Waals surface area contributed by atoms with Gasteiger partial charge in [-0.25, -0.2) is 9.18 Å². The molecule has 1 heterocycles. The number of halogens is 1. The zero-order chi connectivity index (χ0) is 24.9. The molecule has 0 saturated carbocycles. The predicted octanol–water partition coefficient (Wildman–Crippen LogP) is 3.81. The quantitative estimate of drug-likeness (QED) is 0.297. The highest BCUT2D eigenvalue weighted by molar-refractivity contribution is 5.77. The lowest BCUT2D eigenvalue weighted by atomic mass is 10.1. The maximum absolute atomic E-state index is 12.9. The molecule has 1 aromatic heterocycles. The number of hydrogen-bond donors (Lipinski definition) is 3. The monoisotopic (exact) mass is 484 g/mol. The molecule has 3 rings (SSSR count). The number of aryl methyl sites for hydroxylation is 1. The molecular formula is C25H29FN4O5. The lowest BCUT2D eigenvalue weighted by molar-refractivity contribution is -0.126. The summed E-state index contributed by atoms with van der Waals surface area (Å²) in [5.74, 6) is 0.236. The molecule has 3 aromatic rings. The maximum atomic E-state index is 12.9. The molecule has 186 valence electrons. The number of benzene rings is 2. The predicted molar refractivity (Wildman–Crippen MR) is 125 cm³/mol. The lowest BCUT2D eigenvalue weighted by Crippen LogP contribution is -2.29. The van der Waals surface area contributed by atoms with E-state index in [0.717, 1.165) is 30.4 Å². The van der Waals surface area contributed by atoms with Gasteiger partial charge in [-0.1, -0.05) is 54.0 Å². The van der Waals surface area contributed by atoms with Gasteiger partial charge in [0, 0.05) is 19.4 Å². The Morgan fingerprint density at radius 1 is 1.03 bits per heavy atom. The van der Waals surface area contributed by atoms with Crippen LogP contribution in [0.25, 0.3) is 0 Å². The van der Waals surface area contributed by atoms with Crippen LogP contribution in [0.5, 0.6) is 0 Å². The van der Waals surface area contributed by atoms with E-state index in [2.05, 4.69) is 20.8 Å². The smallest absolute Gasteiger partial charge is 0.405 e. The van der Waals surface area contributed by atoms with Gasteiger partial charge in [0.2, 0.25) is 11.8 Å². The minimum atomic E-state index is -1.15. The van der Waals surface area contributed by atoms with Gasteiger partial charge in [-0.15, -0.1) is 0 Å². The molecule has 0 aliphatic rings. The summed E-state index contributed by atoms with van der Waals surface area (Å²) in [6.07, 6.45) is 2.23. The number of carboxylic acid groups (broad SMARTS) is 1. The molecule has 10 heteroatoms. The van der Waals surface area contributed by atoms with Gasteiger partial charge >= 0.3 is 6.09 Å². The molecule has 3 N–H and O–H groups in total. The summed E-state index contributed by atoms with van der Waals surface area (Å²) in [5, 5.41) is 18.4. The molecule has 0 aliphatic carbocycles. The van der Waals surface area contributed by atoms with Crippen LogP contribution >= 0.6 is 0 Å². The summed E-state index contributed by atoms with van der Waals surface area (Å²) in [4.78, 5) is 27.4. The molecule has 9 nitrogen and oxygen atoms in total. The van der Waals surface area contributed by atoms with Crippen molar-refractivity contribution in [3.05, 3.63) is 83.3 Å². The standard InChI is InChI=1S/C25H29FN4O5/c26-20-12-10-19(11-13-20)16-34-17-22(31)27-14-6-2-5-9-23-29-24(30-35-23)21(28-25(32)33)15-18-7-3-1-4-8-18/h1,3-4,7-8,10-13,21,28H,2,5-6,9,14-17H2,(H,27,31)(H,32,33). The molecule has 0 radical (unpaired) electrons. The highest BCUT2D eigenvalue weighted by atomic mass is 19.1. The van der Waals surface area contributed by atoms with Crippen LogP contribution in [0.15, 0.2) is 59.1 Å². The number of carbonyl (C=O) groups excluding carboxylic acids is 1. The Hall–Kier alpha value is -3.79. The van der Waals surface area contributed by atoms with Crippen molar-refractivity contribution in [1.29, 1.82) is 0 Å². The van der Waals surface area contributed by atoms with Crippen molar-refractivity contribution in [2.75, 3.05) is 13.2 Å². The number of nitrogens with zero attached hydrogens (tertiary/aromatic N) is 2. The molecule has 0 spiro atoms. The Morgan fingerprint density at radius 3 is 2.54 bits per heavy atom. The van der Waals surface area contributed by atoms with E-state index in [9.17, 15) is 14.0 Å². The topological polar surface area (TPSA) is 127 Å². The Bertz CT molecular complexity index is 1060. The molecule has 0 aliphatic heterocycles. The molecule has 1 atom stereocenters. The van der Waals surface area contributed by atoms with Gasteiger partial charge in [-0.2, -0.15) is 4.98 Å². The summed E-state index contributed by atoms with van der Waals surface area (Å²) in [5.41, 5.74) is 1.76. The first kappa shape index (κ1) is 25.8. The number of hydrogen-bond acceptors (Lipinski definition) is 6. The van der Waals surface area contributed by atoms with Crippen LogP contribution < -0.4 is 10.6 Å². The van der Waals surface area contributed by atoms with E-state index < -0.39 is 12.1 Å². The Balaban J connectivity index is 1.31. The number of aromatic nitrogens is 2. The second kappa shape index (κ2) is 13.8. The third kappa shape index (κ3) is 9.54. The van der Waals surface area contributed by atoms with Gasteiger partial charge in [0.25, 0.3) is 0 Å². The minimum Gasteiger partial charge on any atom is -0.465 e. The first-order valence-electron chi connectivity index (χ1n) is 11.4. The SMILES string of the molecule is O=C(O)NC(Cc1ccccc1)c1noc(CCCCCNC(=O)COCc2ccc(F)cc2)n1. The van der Waals surface area contributed by atoms with Crippen molar-refractivity contribution in [3.63, 3.8) is 0 Å².